The van der Waals surface area contributed by atoms with Gasteiger partial charge in [0, 0.05) is 25.0 Å². The number of thiazole rings is 1. The molecule has 3 rings (SSSR count). The molecule has 0 radical (unpaired) electrons. The van der Waals surface area contributed by atoms with Gasteiger partial charge in [0.15, 0.2) is 5.13 Å². The van der Waals surface area contributed by atoms with Crippen LogP contribution in [0.4, 0.5) is 5.13 Å². The highest BCUT2D eigenvalue weighted by molar-refractivity contribution is 8.93. The number of rotatable bonds is 3. The van der Waals surface area contributed by atoms with Crippen molar-refractivity contribution in [1.29, 1.82) is 0 Å². The van der Waals surface area contributed by atoms with Crippen LogP contribution in [0, 0.1) is 5.92 Å². The second kappa shape index (κ2) is 8.27. The van der Waals surface area contributed by atoms with Crippen molar-refractivity contribution in [3.05, 3.63) is 10.6 Å². The van der Waals surface area contributed by atoms with E-state index in [2.05, 4.69) is 30.8 Å². The minimum atomic E-state index is 0. The van der Waals surface area contributed by atoms with E-state index in [-0.39, 0.29) is 34.0 Å². The third kappa shape index (κ3) is 4.01. The number of piperidine rings is 1. The van der Waals surface area contributed by atoms with Crippen molar-refractivity contribution in [2.75, 3.05) is 32.1 Å². The summed E-state index contributed by atoms with van der Waals surface area (Å²) in [5.74, 6) is 0.852. The van der Waals surface area contributed by atoms with Gasteiger partial charge < -0.3 is 4.90 Å². The fraction of sp³-hybridized carbons (Fsp3) is 0.800. The Morgan fingerprint density at radius 3 is 2.71 bits per heavy atom. The molecule has 0 bridgehead atoms. The summed E-state index contributed by atoms with van der Waals surface area (Å²) in [4.78, 5) is 11.3. The average molecular weight is 441 g/mol. The van der Waals surface area contributed by atoms with Gasteiger partial charge in [-0.25, -0.2) is 4.98 Å². The minimum Gasteiger partial charge on any atom is -0.354 e. The summed E-state index contributed by atoms with van der Waals surface area (Å²) in [6, 6.07) is 0.789. The van der Waals surface area contributed by atoms with Gasteiger partial charge in [-0.3, -0.25) is 4.90 Å². The zero-order chi connectivity index (χ0) is 13.4. The first kappa shape index (κ1) is 19.4. The van der Waals surface area contributed by atoms with Crippen molar-refractivity contribution < 1.29 is 0 Å². The molecule has 1 fully saturated rings. The third-order valence-corrected chi connectivity index (χ3v) is 5.83. The van der Waals surface area contributed by atoms with Gasteiger partial charge in [-0.2, -0.15) is 0 Å². The molecule has 2 heterocycles. The SMILES string of the molecule is Br.Br.CCCN1CCC[C@H]2Cc3nc(N(C)C)sc3C[C@@H]21. The molecule has 6 heteroatoms. The summed E-state index contributed by atoms with van der Waals surface area (Å²) in [7, 11) is 4.20. The summed E-state index contributed by atoms with van der Waals surface area (Å²) >= 11 is 1.91. The number of hydrogen-bond acceptors (Lipinski definition) is 4. The molecule has 0 aromatic carbocycles. The molecule has 0 N–H and O–H groups in total. The largest absolute Gasteiger partial charge is 0.354 e. The van der Waals surface area contributed by atoms with E-state index in [4.69, 9.17) is 4.98 Å². The van der Waals surface area contributed by atoms with E-state index in [1.165, 1.54) is 56.0 Å². The number of nitrogens with zero attached hydrogens (tertiary/aromatic N) is 3. The molecule has 3 nitrogen and oxygen atoms in total. The summed E-state index contributed by atoms with van der Waals surface area (Å²) in [6.07, 6.45) is 6.51. The van der Waals surface area contributed by atoms with Crippen molar-refractivity contribution in [2.45, 2.75) is 45.1 Å². The van der Waals surface area contributed by atoms with E-state index in [9.17, 15) is 0 Å². The lowest BCUT2D eigenvalue weighted by atomic mass is 9.79. The first-order chi connectivity index (χ1) is 9.19. The van der Waals surface area contributed by atoms with Crippen molar-refractivity contribution in [1.82, 2.24) is 9.88 Å². The van der Waals surface area contributed by atoms with Crippen LogP contribution < -0.4 is 4.90 Å². The molecule has 0 saturated carbocycles. The van der Waals surface area contributed by atoms with Crippen molar-refractivity contribution in [3.63, 3.8) is 0 Å². The molecule has 2 aliphatic rings. The molecule has 21 heavy (non-hydrogen) atoms. The molecule has 1 aliphatic carbocycles. The van der Waals surface area contributed by atoms with Gasteiger partial charge in [-0.15, -0.1) is 45.3 Å². The predicted molar refractivity (Wildman–Crippen MR) is 103 cm³/mol. The van der Waals surface area contributed by atoms with Gasteiger partial charge in [0.2, 0.25) is 0 Å². The highest BCUT2D eigenvalue weighted by atomic mass is 79.9. The Balaban J connectivity index is 0.00000110. The monoisotopic (exact) mass is 439 g/mol. The van der Waals surface area contributed by atoms with Gasteiger partial charge >= 0.3 is 0 Å². The van der Waals surface area contributed by atoms with Crippen LogP contribution in [0.2, 0.25) is 0 Å². The smallest absolute Gasteiger partial charge is 0.185 e. The number of fused-ring (bicyclic) bond motifs is 2. The van der Waals surface area contributed by atoms with E-state index in [0.717, 1.165) is 12.0 Å². The zero-order valence-electron chi connectivity index (χ0n) is 13.2. The standard InChI is InChI=1S/C15H25N3S.2BrH/c1-4-7-18-8-5-6-11-9-12-14(10-13(11)18)19-15(16-12)17(2)3;;/h11,13H,4-10H2,1-3H3;2*1H/t11-,13-;;/m0../s1. The van der Waals surface area contributed by atoms with Gasteiger partial charge in [-0.05, 0) is 51.1 Å². The van der Waals surface area contributed by atoms with E-state index >= 15 is 0 Å². The van der Waals surface area contributed by atoms with Gasteiger partial charge in [0.1, 0.15) is 0 Å². The van der Waals surface area contributed by atoms with Crippen molar-refractivity contribution in [2.24, 2.45) is 5.92 Å². The van der Waals surface area contributed by atoms with Crippen LogP contribution in [-0.2, 0) is 12.8 Å². The number of aromatic nitrogens is 1. The normalized spacial score (nSPS) is 24.3. The molecule has 122 valence electrons. The van der Waals surface area contributed by atoms with E-state index in [1.807, 2.05) is 11.3 Å². The second-order valence-corrected chi connectivity index (χ2v) is 7.24. The van der Waals surface area contributed by atoms with Crippen LogP contribution in [0.3, 0.4) is 0 Å². The summed E-state index contributed by atoms with van der Waals surface area (Å²) in [6.45, 7) is 4.88. The Kier molecular flexibility index (Phi) is 7.64. The molecule has 1 aliphatic heterocycles. The maximum atomic E-state index is 4.84. The lowest BCUT2D eigenvalue weighted by Gasteiger charge is -2.43. The predicted octanol–water partition coefficient (Wildman–Crippen LogP) is 3.95. The summed E-state index contributed by atoms with van der Waals surface area (Å²) in [5, 5.41) is 1.19. The molecular weight excluding hydrogens is 414 g/mol. The summed E-state index contributed by atoms with van der Waals surface area (Å²) in [5.41, 5.74) is 1.40. The Bertz CT molecular complexity index is 448. The highest BCUT2D eigenvalue weighted by Gasteiger charge is 2.36. The topological polar surface area (TPSA) is 19.4 Å². The van der Waals surface area contributed by atoms with Gasteiger partial charge in [0.25, 0.3) is 0 Å². The van der Waals surface area contributed by atoms with Gasteiger partial charge in [0.05, 0.1) is 5.69 Å². The van der Waals surface area contributed by atoms with Crippen LogP contribution >= 0.6 is 45.3 Å². The Hall–Kier alpha value is 0.350. The van der Waals surface area contributed by atoms with Crippen LogP contribution in [0.1, 0.15) is 36.8 Å². The number of likely N-dealkylation sites (tertiary alicyclic amines) is 1. The second-order valence-electron chi connectivity index (χ2n) is 6.17. The maximum absolute atomic E-state index is 4.84. The molecule has 0 spiro atoms. The van der Waals surface area contributed by atoms with Crippen LogP contribution in [-0.4, -0.2) is 43.1 Å². The van der Waals surface area contributed by atoms with Crippen LogP contribution in [0.15, 0.2) is 0 Å². The van der Waals surface area contributed by atoms with Crippen LogP contribution in [0.25, 0.3) is 0 Å². The Morgan fingerprint density at radius 1 is 1.29 bits per heavy atom. The lowest BCUT2D eigenvalue weighted by molar-refractivity contribution is 0.0857. The Morgan fingerprint density at radius 2 is 2.05 bits per heavy atom. The van der Waals surface area contributed by atoms with E-state index < -0.39 is 0 Å². The first-order valence-electron chi connectivity index (χ1n) is 7.59. The fourth-order valence-electron chi connectivity index (χ4n) is 3.63. The molecular formula is C15H27Br2N3S. The number of hydrogen-bond donors (Lipinski definition) is 0. The lowest BCUT2D eigenvalue weighted by Crippen LogP contribution is -2.49. The number of halogens is 2. The quantitative estimate of drug-likeness (QED) is 0.709. The minimum absolute atomic E-state index is 0. The zero-order valence-corrected chi connectivity index (χ0v) is 17.4. The average Bonchev–Trinajstić information content (AvgIpc) is 2.80. The van der Waals surface area contributed by atoms with E-state index in [1.54, 1.807) is 4.88 Å². The van der Waals surface area contributed by atoms with Crippen molar-refractivity contribution in [3.8, 4) is 0 Å². The number of anilines is 1. The van der Waals surface area contributed by atoms with Crippen LogP contribution in [0.5, 0.6) is 0 Å². The molecule has 2 atom stereocenters. The Labute approximate surface area is 153 Å². The molecule has 1 saturated heterocycles. The maximum Gasteiger partial charge on any atom is 0.185 e. The molecule has 1 aromatic heterocycles. The molecule has 1 aromatic rings. The molecule has 0 unspecified atom stereocenters. The van der Waals surface area contributed by atoms with Crippen molar-refractivity contribution >= 4 is 50.4 Å². The summed E-state index contributed by atoms with van der Waals surface area (Å²) < 4.78 is 0. The fourth-order valence-corrected chi connectivity index (χ4v) is 4.69. The molecule has 0 amide bonds. The van der Waals surface area contributed by atoms with E-state index in [0.29, 0.717) is 0 Å². The highest BCUT2D eigenvalue weighted by Crippen LogP contribution is 2.38. The van der Waals surface area contributed by atoms with Gasteiger partial charge in [-0.1, -0.05) is 6.92 Å². The third-order valence-electron chi connectivity index (χ3n) is 4.54. The first-order valence-corrected chi connectivity index (χ1v) is 8.40.